The molecule has 2 aliphatic rings. The van der Waals surface area contributed by atoms with E-state index >= 15 is 0 Å². The summed E-state index contributed by atoms with van der Waals surface area (Å²) in [7, 11) is 0. The highest BCUT2D eigenvalue weighted by atomic mass is 16.5. The molecule has 1 atom stereocenters. The van der Waals surface area contributed by atoms with Crippen LogP contribution in [0, 0.1) is 5.92 Å². The molecule has 110 valence electrons. The second kappa shape index (κ2) is 6.62. The first kappa shape index (κ1) is 13.9. The van der Waals surface area contributed by atoms with E-state index in [4.69, 9.17) is 4.74 Å². The van der Waals surface area contributed by atoms with Gasteiger partial charge in [-0.3, -0.25) is 0 Å². The third kappa shape index (κ3) is 3.76. The summed E-state index contributed by atoms with van der Waals surface area (Å²) in [5.41, 5.74) is 1.05. The predicted octanol–water partition coefficient (Wildman–Crippen LogP) is 4.62. The van der Waals surface area contributed by atoms with Crippen LogP contribution in [-0.4, -0.2) is 11.2 Å². The number of rotatable bonds is 4. The lowest BCUT2D eigenvalue weighted by atomic mass is 9.84. The van der Waals surface area contributed by atoms with Crippen LogP contribution in [0.15, 0.2) is 24.3 Å². The van der Waals surface area contributed by atoms with E-state index in [0.717, 1.165) is 11.3 Å². The second-order valence-corrected chi connectivity index (χ2v) is 6.44. The van der Waals surface area contributed by atoms with Crippen LogP contribution in [0.1, 0.15) is 69.5 Å². The van der Waals surface area contributed by atoms with Gasteiger partial charge in [-0.25, -0.2) is 0 Å². The minimum atomic E-state index is -0.303. The van der Waals surface area contributed by atoms with Crippen LogP contribution >= 0.6 is 0 Å². The van der Waals surface area contributed by atoms with Gasteiger partial charge in [0, 0.05) is 0 Å². The molecular formula is C18H26O2. The Morgan fingerprint density at radius 2 is 1.45 bits per heavy atom. The molecule has 0 spiro atoms. The van der Waals surface area contributed by atoms with Crippen molar-refractivity contribution in [1.82, 2.24) is 0 Å². The highest BCUT2D eigenvalue weighted by Crippen LogP contribution is 2.34. The van der Waals surface area contributed by atoms with E-state index in [1.165, 1.54) is 57.8 Å². The maximum atomic E-state index is 10.6. The molecule has 0 aromatic heterocycles. The van der Waals surface area contributed by atoms with E-state index in [-0.39, 0.29) is 6.10 Å². The average molecular weight is 274 g/mol. The molecule has 1 N–H and O–H groups in total. The van der Waals surface area contributed by atoms with Crippen molar-refractivity contribution in [2.45, 2.75) is 70.0 Å². The quantitative estimate of drug-likeness (QED) is 0.868. The van der Waals surface area contributed by atoms with Gasteiger partial charge in [0.2, 0.25) is 0 Å². The van der Waals surface area contributed by atoms with E-state index < -0.39 is 0 Å². The normalized spacial score (nSPS) is 22.9. The molecule has 2 saturated carbocycles. The van der Waals surface area contributed by atoms with E-state index in [0.29, 0.717) is 12.0 Å². The molecule has 0 saturated heterocycles. The molecule has 2 heteroatoms. The molecule has 2 nitrogen and oxygen atoms in total. The predicted molar refractivity (Wildman–Crippen MR) is 80.9 cm³/mol. The maximum absolute atomic E-state index is 10.6. The van der Waals surface area contributed by atoms with E-state index in [1.54, 1.807) is 0 Å². The summed E-state index contributed by atoms with van der Waals surface area (Å²) in [5, 5.41) is 10.6. The van der Waals surface area contributed by atoms with Gasteiger partial charge in [0.1, 0.15) is 5.75 Å². The molecule has 2 fully saturated rings. The highest BCUT2D eigenvalue weighted by Gasteiger charge is 2.24. The van der Waals surface area contributed by atoms with Crippen molar-refractivity contribution in [1.29, 1.82) is 0 Å². The van der Waals surface area contributed by atoms with Gasteiger partial charge in [0.15, 0.2) is 0 Å². The van der Waals surface area contributed by atoms with Crippen molar-refractivity contribution in [2.75, 3.05) is 0 Å². The van der Waals surface area contributed by atoms with Crippen molar-refractivity contribution in [3.8, 4) is 5.75 Å². The lowest BCUT2D eigenvalue weighted by Gasteiger charge is -2.25. The number of hydrogen-bond acceptors (Lipinski definition) is 2. The fourth-order valence-electron chi connectivity index (χ4n) is 3.20. The summed E-state index contributed by atoms with van der Waals surface area (Å²) < 4.78 is 5.76. The third-order valence-electron chi connectivity index (χ3n) is 4.65. The van der Waals surface area contributed by atoms with Gasteiger partial charge in [-0.15, -0.1) is 0 Å². The zero-order valence-electron chi connectivity index (χ0n) is 12.3. The Morgan fingerprint density at radius 1 is 0.850 bits per heavy atom. The minimum absolute atomic E-state index is 0.303. The van der Waals surface area contributed by atoms with Gasteiger partial charge in [0.05, 0.1) is 12.2 Å². The van der Waals surface area contributed by atoms with Gasteiger partial charge in [-0.2, -0.15) is 0 Å². The Hall–Kier alpha value is -1.02. The van der Waals surface area contributed by atoms with Crippen molar-refractivity contribution in [3.05, 3.63) is 29.8 Å². The first-order chi connectivity index (χ1) is 9.83. The maximum Gasteiger partial charge on any atom is 0.119 e. The molecule has 0 radical (unpaired) electrons. The van der Waals surface area contributed by atoms with Crippen LogP contribution in [-0.2, 0) is 0 Å². The summed E-state index contributed by atoms with van der Waals surface area (Å²) >= 11 is 0. The second-order valence-electron chi connectivity index (χ2n) is 6.44. The first-order valence-corrected chi connectivity index (χ1v) is 8.27. The van der Waals surface area contributed by atoms with Gasteiger partial charge < -0.3 is 9.84 Å². The number of benzene rings is 1. The molecule has 1 aromatic rings. The van der Waals surface area contributed by atoms with Crippen LogP contribution in [0.2, 0.25) is 0 Å². The number of hydrogen-bond donors (Lipinski definition) is 1. The Balaban J connectivity index is 1.60. The fourth-order valence-corrected chi connectivity index (χ4v) is 3.20. The highest BCUT2D eigenvalue weighted by molar-refractivity contribution is 5.29. The molecule has 3 rings (SSSR count). The Labute approximate surface area is 122 Å². The molecule has 0 bridgehead atoms. The van der Waals surface area contributed by atoms with E-state index in [9.17, 15) is 5.11 Å². The summed E-state index contributed by atoms with van der Waals surface area (Å²) in [4.78, 5) is 0. The zero-order valence-corrected chi connectivity index (χ0v) is 12.3. The largest absolute Gasteiger partial charge is 0.490 e. The summed E-state index contributed by atoms with van der Waals surface area (Å²) in [5.74, 6) is 1.38. The topological polar surface area (TPSA) is 29.5 Å². The lowest BCUT2D eigenvalue weighted by molar-refractivity contribution is 0.0912. The third-order valence-corrected chi connectivity index (χ3v) is 4.65. The monoisotopic (exact) mass is 274 g/mol. The Bertz CT molecular complexity index is 400. The Morgan fingerprint density at radius 3 is 2.05 bits per heavy atom. The van der Waals surface area contributed by atoms with Crippen LogP contribution in [0.25, 0.3) is 0 Å². The standard InChI is InChI=1S/C18H26O2/c19-18(14-6-4-2-1-3-5-7-14)15-8-10-16(11-9-15)20-17-12-13-17/h8-11,14,17-19H,1-7,12-13H2. The van der Waals surface area contributed by atoms with Crippen molar-refractivity contribution >= 4 is 0 Å². The zero-order chi connectivity index (χ0) is 13.8. The SMILES string of the molecule is OC(c1ccc(OC2CC2)cc1)C1CCCCCCC1. The number of aliphatic hydroxyl groups is 1. The molecular weight excluding hydrogens is 248 g/mol. The van der Waals surface area contributed by atoms with E-state index in [2.05, 4.69) is 0 Å². The molecule has 1 aromatic carbocycles. The molecule has 1 unspecified atom stereocenters. The van der Waals surface area contributed by atoms with Crippen molar-refractivity contribution in [2.24, 2.45) is 5.92 Å². The van der Waals surface area contributed by atoms with Gasteiger partial charge >= 0.3 is 0 Å². The fraction of sp³-hybridized carbons (Fsp3) is 0.667. The molecule has 20 heavy (non-hydrogen) atoms. The first-order valence-electron chi connectivity index (χ1n) is 8.27. The van der Waals surface area contributed by atoms with Gasteiger partial charge in [-0.05, 0) is 49.3 Å². The summed E-state index contributed by atoms with van der Waals surface area (Å²) in [6, 6.07) is 8.11. The summed E-state index contributed by atoms with van der Waals surface area (Å²) in [6.45, 7) is 0. The van der Waals surface area contributed by atoms with Crippen molar-refractivity contribution in [3.63, 3.8) is 0 Å². The van der Waals surface area contributed by atoms with Crippen molar-refractivity contribution < 1.29 is 9.84 Å². The van der Waals surface area contributed by atoms with Gasteiger partial charge in [0.25, 0.3) is 0 Å². The average Bonchev–Trinajstić information content (AvgIpc) is 3.23. The Kier molecular flexibility index (Phi) is 4.62. The van der Waals surface area contributed by atoms with E-state index in [1.807, 2.05) is 24.3 Å². The molecule has 0 amide bonds. The molecule has 0 heterocycles. The van der Waals surface area contributed by atoms with Crippen LogP contribution in [0.3, 0.4) is 0 Å². The number of ether oxygens (including phenoxy) is 1. The van der Waals surface area contributed by atoms with Crippen LogP contribution in [0.5, 0.6) is 5.75 Å². The number of aliphatic hydroxyl groups excluding tert-OH is 1. The van der Waals surface area contributed by atoms with Crippen LogP contribution < -0.4 is 4.74 Å². The smallest absolute Gasteiger partial charge is 0.119 e. The minimum Gasteiger partial charge on any atom is -0.490 e. The van der Waals surface area contributed by atoms with Gasteiger partial charge in [-0.1, -0.05) is 44.2 Å². The molecule has 2 aliphatic carbocycles. The van der Waals surface area contributed by atoms with Crippen LogP contribution in [0.4, 0.5) is 0 Å². The summed E-state index contributed by atoms with van der Waals surface area (Å²) in [6.07, 6.45) is 11.4. The lowest BCUT2D eigenvalue weighted by Crippen LogP contribution is -2.14. The molecule has 0 aliphatic heterocycles.